The fourth-order valence-corrected chi connectivity index (χ4v) is 3.08. The van der Waals surface area contributed by atoms with Gasteiger partial charge in [0.15, 0.2) is 0 Å². The molecule has 0 atom stereocenters. The van der Waals surface area contributed by atoms with Crippen LogP contribution >= 0.6 is 0 Å². The van der Waals surface area contributed by atoms with E-state index in [1.807, 2.05) is 6.92 Å². The summed E-state index contributed by atoms with van der Waals surface area (Å²) in [5.41, 5.74) is 5.45. The van der Waals surface area contributed by atoms with E-state index in [1.165, 1.54) is 68.0 Å². The third-order valence-electron chi connectivity index (χ3n) is 4.23. The van der Waals surface area contributed by atoms with Gasteiger partial charge in [0, 0.05) is 0 Å². The van der Waals surface area contributed by atoms with Crippen molar-refractivity contribution in [1.29, 1.82) is 0 Å². The van der Waals surface area contributed by atoms with Crippen molar-refractivity contribution < 1.29 is 24.2 Å². The van der Waals surface area contributed by atoms with Crippen molar-refractivity contribution >= 4 is 25.3 Å². The topological polar surface area (TPSA) is 0 Å². The summed E-state index contributed by atoms with van der Waals surface area (Å²) in [6, 6.07) is 21.8. The monoisotopic (exact) mass is 404 g/mol. The van der Waals surface area contributed by atoms with Gasteiger partial charge in [-0.2, -0.15) is 12.1 Å². The zero-order chi connectivity index (χ0) is 18.4. The number of rotatable bonds is 0. The molecule has 4 rings (SSSR count). The van der Waals surface area contributed by atoms with Crippen LogP contribution in [0.3, 0.4) is 0 Å². The SMILES string of the molecule is C[CH]=[Zr+2].Cc1cc2c(C)cccc2[cH-]1.Cc1cc2c(C)cccc2[cH-]1. The Balaban J connectivity index is 0.000000156. The molecule has 1 heteroatoms. The van der Waals surface area contributed by atoms with E-state index in [4.69, 9.17) is 0 Å². The number of fused-ring (bicyclic) bond motifs is 2. The van der Waals surface area contributed by atoms with Crippen LogP contribution in [0, 0.1) is 27.7 Å². The van der Waals surface area contributed by atoms with Crippen molar-refractivity contribution in [2.45, 2.75) is 34.6 Å². The Morgan fingerprint density at radius 1 is 0.720 bits per heavy atom. The fourth-order valence-electron chi connectivity index (χ4n) is 3.08. The quantitative estimate of drug-likeness (QED) is 0.285. The number of hydrogen-bond donors (Lipinski definition) is 0. The van der Waals surface area contributed by atoms with Crippen LogP contribution in [-0.2, 0) is 24.2 Å². The first-order valence-corrected chi connectivity index (χ1v) is 10.1. The molecule has 0 bridgehead atoms. The Labute approximate surface area is 166 Å². The maximum atomic E-state index is 2.24. The average Bonchev–Trinajstić information content (AvgIpc) is 3.12. The van der Waals surface area contributed by atoms with Crippen molar-refractivity contribution in [3.63, 3.8) is 0 Å². The van der Waals surface area contributed by atoms with Crippen LogP contribution in [0.4, 0.5) is 0 Å². The Kier molecular flexibility index (Phi) is 7.27. The maximum Gasteiger partial charge on any atom is -0.0488 e. The molecular weight excluding hydrogens is 379 g/mol. The molecule has 0 radical (unpaired) electrons. The van der Waals surface area contributed by atoms with Crippen molar-refractivity contribution in [3.05, 3.63) is 82.9 Å². The second kappa shape index (κ2) is 9.21. The van der Waals surface area contributed by atoms with Gasteiger partial charge in [-0.15, -0.1) is 69.1 Å². The summed E-state index contributed by atoms with van der Waals surface area (Å²) in [5.74, 6) is 0. The van der Waals surface area contributed by atoms with Gasteiger partial charge in [-0.3, -0.25) is 0 Å². The van der Waals surface area contributed by atoms with Gasteiger partial charge in [0.2, 0.25) is 0 Å². The smallest absolute Gasteiger partial charge is 0.0488 e. The third-order valence-corrected chi connectivity index (χ3v) is 4.23. The van der Waals surface area contributed by atoms with Crippen LogP contribution in [0.15, 0.2) is 60.7 Å². The van der Waals surface area contributed by atoms with Gasteiger partial charge in [0.1, 0.15) is 0 Å². The van der Waals surface area contributed by atoms with Crippen molar-refractivity contribution in [2.75, 3.05) is 0 Å². The van der Waals surface area contributed by atoms with E-state index in [1.54, 1.807) is 0 Å². The van der Waals surface area contributed by atoms with Crippen LogP contribution in [0.2, 0.25) is 0 Å². The molecule has 126 valence electrons. The largest absolute Gasteiger partial charge is 0.165 e. The Morgan fingerprint density at radius 3 is 1.40 bits per heavy atom. The molecule has 0 aliphatic carbocycles. The standard InChI is InChI=1S/2C11H11.C2H4.Zr/c2*1-8-6-10-5-3-4-9(2)11(10)7-8;1-2;/h2*3-7H,1-2H3;1H,2H3;/q2*-1;;+2. The molecule has 0 aliphatic heterocycles. The third kappa shape index (κ3) is 5.19. The zero-order valence-corrected chi connectivity index (χ0v) is 18.3. The minimum absolute atomic E-state index is 1.36. The van der Waals surface area contributed by atoms with Crippen LogP contribution in [-0.4, -0.2) is 3.71 Å². The summed E-state index contributed by atoms with van der Waals surface area (Å²) in [5, 5.41) is 5.51. The number of benzene rings is 2. The van der Waals surface area contributed by atoms with Gasteiger partial charge < -0.3 is 0 Å². The predicted octanol–water partition coefficient (Wildman–Crippen LogP) is 6.71. The van der Waals surface area contributed by atoms with E-state index in [0.29, 0.717) is 0 Å². The zero-order valence-electron chi connectivity index (χ0n) is 15.9. The van der Waals surface area contributed by atoms with E-state index in [0.717, 1.165) is 0 Å². The number of hydrogen-bond acceptors (Lipinski definition) is 0. The summed E-state index contributed by atoms with van der Waals surface area (Å²) in [6.45, 7) is 10.6. The number of aryl methyl sites for hydroxylation is 4. The van der Waals surface area contributed by atoms with Crippen molar-refractivity contribution in [2.24, 2.45) is 0 Å². The van der Waals surface area contributed by atoms with E-state index in [9.17, 15) is 0 Å². The molecule has 0 aromatic heterocycles. The maximum absolute atomic E-state index is 2.24. The molecule has 4 aromatic rings. The molecule has 0 fully saturated rings. The molecule has 0 saturated heterocycles. The summed E-state index contributed by atoms with van der Waals surface area (Å²) in [4.78, 5) is 0. The van der Waals surface area contributed by atoms with E-state index in [2.05, 4.69) is 92.1 Å². The summed E-state index contributed by atoms with van der Waals surface area (Å²) < 4.78 is 2.09. The van der Waals surface area contributed by atoms with Gasteiger partial charge in [-0.1, -0.05) is 37.1 Å². The van der Waals surface area contributed by atoms with Crippen molar-refractivity contribution in [1.82, 2.24) is 0 Å². The molecule has 0 N–H and O–H groups in total. The first kappa shape index (κ1) is 19.7. The average molecular weight is 406 g/mol. The van der Waals surface area contributed by atoms with E-state index < -0.39 is 0 Å². The normalized spacial score (nSPS) is 10.0. The van der Waals surface area contributed by atoms with Gasteiger partial charge in [0.25, 0.3) is 0 Å². The Morgan fingerprint density at radius 2 is 1.08 bits per heavy atom. The molecule has 4 aromatic carbocycles. The Bertz CT molecular complexity index is 888. The van der Waals surface area contributed by atoms with Crippen LogP contribution in [0.25, 0.3) is 21.5 Å². The predicted molar refractivity (Wildman–Crippen MR) is 110 cm³/mol. The molecule has 0 saturated carbocycles. The second-order valence-electron chi connectivity index (χ2n) is 6.51. The fraction of sp³-hybridized carbons (Fsp3) is 0.208. The first-order valence-electron chi connectivity index (χ1n) is 8.66. The van der Waals surface area contributed by atoms with Gasteiger partial charge >= 0.3 is 34.9 Å². The molecule has 0 spiro atoms. The molecular formula is C24H26Zr. The molecule has 0 unspecified atom stereocenters. The van der Waals surface area contributed by atoms with Gasteiger partial charge in [-0.25, -0.2) is 0 Å². The van der Waals surface area contributed by atoms with E-state index >= 15 is 0 Å². The van der Waals surface area contributed by atoms with Crippen LogP contribution in [0.1, 0.15) is 29.2 Å². The minimum Gasteiger partial charge on any atom is -0.165 e. The first-order chi connectivity index (χ1) is 12.0. The van der Waals surface area contributed by atoms with Crippen LogP contribution < -0.4 is 0 Å². The molecule has 25 heavy (non-hydrogen) atoms. The van der Waals surface area contributed by atoms with Gasteiger partial charge in [-0.05, 0) is 13.8 Å². The van der Waals surface area contributed by atoms with Crippen LogP contribution in [0.5, 0.6) is 0 Å². The summed E-state index contributed by atoms with van der Waals surface area (Å²) >= 11 is 1.51. The molecule has 0 amide bonds. The second-order valence-corrected chi connectivity index (χ2v) is 7.93. The molecule has 0 heterocycles. The Hall–Kier alpha value is -1.59. The van der Waals surface area contributed by atoms with E-state index in [-0.39, 0.29) is 0 Å². The van der Waals surface area contributed by atoms with Gasteiger partial charge in [0.05, 0.1) is 0 Å². The minimum atomic E-state index is 1.36. The van der Waals surface area contributed by atoms with Crippen molar-refractivity contribution in [3.8, 4) is 0 Å². The summed E-state index contributed by atoms with van der Waals surface area (Å²) in [6.07, 6.45) is 0. The summed E-state index contributed by atoms with van der Waals surface area (Å²) in [7, 11) is 0. The molecule has 0 aliphatic rings. The molecule has 0 nitrogen and oxygen atoms in total.